The van der Waals surface area contributed by atoms with Crippen molar-refractivity contribution in [3.8, 4) is 0 Å². The number of aliphatic hydroxyl groups is 7. The van der Waals surface area contributed by atoms with Crippen molar-refractivity contribution in [3.05, 3.63) is 0 Å². The van der Waals surface area contributed by atoms with Crippen molar-refractivity contribution in [1.29, 1.82) is 0 Å². The average molecular weight is 341 g/mol. The molecule has 0 radical (unpaired) electrons. The van der Waals surface area contributed by atoms with Crippen LogP contribution in [0, 0.1) is 0 Å². The number of aldehydes is 1. The smallest absolute Gasteiger partial charge is 0.187 e. The minimum absolute atomic E-state index is 0.210. The van der Waals surface area contributed by atoms with Crippen molar-refractivity contribution in [3.63, 3.8) is 0 Å². The second-order valence-corrected chi connectivity index (χ2v) is 5.25. The van der Waals surface area contributed by atoms with E-state index in [9.17, 15) is 30.3 Å². The summed E-state index contributed by atoms with van der Waals surface area (Å²) in [5.74, 6) is 0. The summed E-state index contributed by atoms with van der Waals surface area (Å²) in [6, 6.07) is -1.45. The van der Waals surface area contributed by atoms with Crippen LogP contribution in [-0.2, 0) is 14.3 Å². The molecule has 1 heterocycles. The van der Waals surface area contributed by atoms with Crippen LogP contribution in [0.3, 0.4) is 0 Å². The summed E-state index contributed by atoms with van der Waals surface area (Å²) in [6.45, 7) is -1.54. The summed E-state index contributed by atoms with van der Waals surface area (Å²) < 4.78 is 10.2. The van der Waals surface area contributed by atoms with Crippen LogP contribution in [-0.4, -0.2) is 110 Å². The highest BCUT2D eigenvalue weighted by atomic mass is 16.7. The number of aliphatic hydroxyl groups excluding tert-OH is 7. The van der Waals surface area contributed by atoms with Crippen LogP contribution < -0.4 is 5.73 Å². The predicted molar refractivity (Wildman–Crippen MR) is 71.8 cm³/mol. The fourth-order valence-electron chi connectivity index (χ4n) is 2.14. The Balaban J connectivity index is 2.91. The van der Waals surface area contributed by atoms with Crippen molar-refractivity contribution in [2.24, 2.45) is 5.73 Å². The number of nitrogens with two attached hydrogens (primary N) is 1. The summed E-state index contributed by atoms with van der Waals surface area (Å²) in [4.78, 5) is 10.8. The Morgan fingerprint density at radius 2 is 1.74 bits per heavy atom. The lowest BCUT2D eigenvalue weighted by Crippen LogP contribution is -2.62. The maximum absolute atomic E-state index is 10.8. The third kappa shape index (κ3) is 4.64. The second kappa shape index (κ2) is 8.94. The molecule has 0 amide bonds. The Kier molecular flexibility index (Phi) is 7.89. The molecule has 1 aliphatic heterocycles. The number of rotatable bonds is 8. The SMILES string of the molecule is N[C@@H](C=O)[C@@H](OC1O[C@H](CO)[C@@H](O)[C@H](O)[C@H]1O)[C@H](O)[C@H](O)CO. The van der Waals surface area contributed by atoms with Gasteiger partial charge in [-0.05, 0) is 0 Å². The molecule has 9 N–H and O–H groups in total. The van der Waals surface area contributed by atoms with E-state index in [1.54, 1.807) is 0 Å². The molecular weight excluding hydrogens is 318 g/mol. The van der Waals surface area contributed by atoms with Crippen molar-refractivity contribution in [2.75, 3.05) is 13.2 Å². The molecule has 0 aromatic rings. The topological polar surface area (TPSA) is 203 Å². The molecule has 1 unspecified atom stereocenters. The highest BCUT2D eigenvalue weighted by Gasteiger charge is 2.46. The number of carbonyl (C=O) groups is 1. The van der Waals surface area contributed by atoms with E-state index in [0.29, 0.717) is 0 Å². The zero-order valence-corrected chi connectivity index (χ0v) is 12.1. The van der Waals surface area contributed by atoms with Gasteiger partial charge in [0.15, 0.2) is 6.29 Å². The Hall–Kier alpha value is -0.730. The van der Waals surface area contributed by atoms with Gasteiger partial charge < -0.3 is 55.7 Å². The Morgan fingerprint density at radius 1 is 1.13 bits per heavy atom. The molecule has 11 heteroatoms. The van der Waals surface area contributed by atoms with Crippen LogP contribution in [0.1, 0.15) is 0 Å². The van der Waals surface area contributed by atoms with Crippen molar-refractivity contribution in [1.82, 2.24) is 0 Å². The zero-order chi connectivity index (χ0) is 17.7. The normalized spacial score (nSPS) is 37.0. The molecule has 0 aromatic carbocycles. The quantitative estimate of drug-likeness (QED) is 0.195. The second-order valence-electron chi connectivity index (χ2n) is 5.25. The fourth-order valence-corrected chi connectivity index (χ4v) is 2.14. The van der Waals surface area contributed by atoms with Gasteiger partial charge in [0.05, 0.1) is 19.3 Å². The molecule has 0 bridgehead atoms. The lowest BCUT2D eigenvalue weighted by molar-refractivity contribution is -0.320. The van der Waals surface area contributed by atoms with E-state index >= 15 is 0 Å². The van der Waals surface area contributed by atoms with E-state index in [1.807, 2.05) is 0 Å². The summed E-state index contributed by atoms with van der Waals surface area (Å²) in [7, 11) is 0. The van der Waals surface area contributed by atoms with E-state index in [-0.39, 0.29) is 6.29 Å². The van der Waals surface area contributed by atoms with Crippen molar-refractivity contribution >= 4 is 6.29 Å². The molecule has 11 nitrogen and oxygen atoms in total. The molecule has 1 aliphatic rings. The first-order valence-electron chi connectivity index (χ1n) is 6.92. The summed E-state index contributed by atoms with van der Waals surface area (Å²) in [5, 5.41) is 66.4. The van der Waals surface area contributed by atoms with Gasteiger partial charge in [0.2, 0.25) is 0 Å². The number of hydrogen-bond acceptors (Lipinski definition) is 11. The monoisotopic (exact) mass is 341 g/mol. The average Bonchev–Trinajstić information content (AvgIpc) is 2.57. The summed E-state index contributed by atoms with van der Waals surface area (Å²) in [6.07, 6.45) is -12.9. The molecule has 0 aliphatic carbocycles. The van der Waals surface area contributed by atoms with Gasteiger partial charge in [0.25, 0.3) is 0 Å². The highest BCUT2D eigenvalue weighted by Crippen LogP contribution is 2.24. The fraction of sp³-hybridized carbons (Fsp3) is 0.917. The van der Waals surface area contributed by atoms with Crippen LogP contribution in [0.4, 0.5) is 0 Å². The van der Waals surface area contributed by atoms with Crippen molar-refractivity contribution < 1.29 is 50.0 Å². The molecule has 23 heavy (non-hydrogen) atoms. The van der Waals surface area contributed by atoms with Crippen molar-refractivity contribution in [2.45, 2.75) is 55.1 Å². The molecule has 136 valence electrons. The highest BCUT2D eigenvalue weighted by molar-refractivity contribution is 5.58. The third-order valence-electron chi connectivity index (χ3n) is 3.59. The molecule has 1 rings (SSSR count). The van der Waals surface area contributed by atoms with Gasteiger partial charge in [-0.25, -0.2) is 0 Å². The lowest BCUT2D eigenvalue weighted by atomic mass is 9.98. The largest absolute Gasteiger partial charge is 0.394 e. The van der Waals surface area contributed by atoms with E-state index in [2.05, 4.69) is 0 Å². The Bertz CT molecular complexity index is 370. The van der Waals surface area contributed by atoms with Gasteiger partial charge in [-0.15, -0.1) is 0 Å². The standard InChI is InChI=1S/C12H23NO10/c13-4(1-14)11(7(18)5(17)2-15)23-12-10(21)9(20)8(19)6(3-16)22-12/h1,4-12,15-21H,2-3,13H2/t4-,5+,6+,7+,8+,9-,10+,11+,12?/m0/s1. The van der Waals surface area contributed by atoms with Gasteiger partial charge in [-0.3, -0.25) is 0 Å². The number of ether oxygens (including phenoxy) is 2. The Labute approximate surface area is 131 Å². The van der Waals surface area contributed by atoms with Crippen LogP contribution in [0.25, 0.3) is 0 Å². The summed E-state index contributed by atoms with van der Waals surface area (Å²) >= 11 is 0. The van der Waals surface area contributed by atoms with Crippen LogP contribution >= 0.6 is 0 Å². The van der Waals surface area contributed by atoms with Crippen LogP contribution in [0.15, 0.2) is 0 Å². The molecule has 0 aromatic heterocycles. The first-order chi connectivity index (χ1) is 10.8. The van der Waals surface area contributed by atoms with Gasteiger partial charge in [-0.2, -0.15) is 0 Å². The lowest BCUT2D eigenvalue weighted by Gasteiger charge is -2.42. The first-order valence-corrected chi connectivity index (χ1v) is 6.92. The molecular formula is C12H23NO10. The van der Waals surface area contributed by atoms with E-state index in [0.717, 1.165) is 0 Å². The van der Waals surface area contributed by atoms with Gasteiger partial charge in [0.1, 0.15) is 49.0 Å². The molecule has 9 atom stereocenters. The van der Waals surface area contributed by atoms with Crippen LogP contribution in [0.2, 0.25) is 0 Å². The van der Waals surface area contributed by atoms with Crippen LogP contribution in [0.5, 0.6) is 0 Å². The molecule has 0 spiro atoms. The first kappa shape index (κ1) is 20.3. The van der Waals surface area contributed by atoms with Gasteiger partial charge >= 0.3 is 0 Å². The van der Waals surface area contributed by atoms with E-state index in [4.69, 9.17) is 25.4 Å². The molecule has 1 fully saturated rings. The van der Waals surface area contributed by atoms with E-state index < -0.39 is 68.3 Å². The minimum Gasteiger partial charge on any atom is -0.394 e. The van der Waals surface area contributed by atoms with Gasteiger partial charge in [0, 0.05) is 0 Å². The number of hydrogen-bond donors (Lipinski definition) is 8. The zero-order valence-electron chi connectivity index (χ0n) is 12.1. The summed E-state index contributed by atoms with van der Waals surface area (Å²) in [5.41, 5.74) is 5.46. The maximum atomic E-state index is 10.8. The predicted octanol–water partition coefficient (Wildman–Crippen LogP) is -5.59. The van der Waals surface area contributed by atoms with E-state index in [1.165, 1.54) is 0 Å². The van der Waals surface area contributed by atoms with Gasteiger partial charge in [-0.1, -0.05) is 0 Å². The number of carbonyl (C=O) groups excluding carboxylic acids is 1. The third-order valence-corrected chi connectivity index (χ3v) is 3.59. The minimum atomic E-state index is -1.80. The Morgan fingerprint density at radius 3 is 2.22 bits per heavy atom. The maximum Gasteiger partial charge on any atom is 0.187 e. The molecule has 1 saturated heterocycles. The molecule has 0 saturated carbocycles.